The van der Waals surface area contributed by atoms with Crippen LogP contribution in [0.5, 0.6) is 0 Å². The molecule has 18 heavy (non-hydrogen) atoms. The van der Waals surface area contributed by atoms with Crippen molar-refractivity contribution in [2.75, 3.05) is 0 Å². The van der Waals surface area contributed by atoms with E-state index < -0.39 is 0 Å². The van der Waals surface area contributed by atoms with Gasteiger partial charge >= 0.3 is 0 Å². The fraction of sp³-hybridized carbons (Fsp3) is 0.0714. The standard InChI is InChI=1S/C14H13N3O/c18-14(17-8-10-5-6-15-7-10)12-9-16-13-4-2-1-3-11(12)13/h1-7,9,15-16H,8H2,(H,17,18). The van der Waals surface area contributed by atoms with Gasteiger partial charge in [-0.2, -0.15) is 0 Å². The van der Waals surface area contributed by atoms with Crippen LogP contribution < -0.4 is 5.32 Å². The second-order valence-electron chi connectivity index (χ2n) is 4.15. The quantitative estimate of drug-likeness (QED) is 0.646. The Labute approximate surface area is 104 Å². The van der Waals surface area contributed by atoms with Gasteiger partial charge in [0.05, 0.1) is 5.56 Å². The molecule has 90 valence electrons. The molecule has 0 aliphatic rings. The second-order valence-corrected chi connectivity index (χ2v) is 4.15. The SMILES string of the molecule is O=C(NCc1cc[nH]c1)c1c[nH]c2ccccc12. The van der Waals surface area contributed by atoms with E-state index in [-0.39, 0.29) is 5.91 Å². The monoisotopic (exact) mass is 239 g/mol. The van der Waals surface area contributed by atoms with E-state index in [0.717, 1.165) is 16.5 Å². The second kappa shape index (κ2) is 4.41. The number of para-hydroxylation sites is 1. The first-order chi connectivity index (χ1) is 8.84. The highest BCUT2D eigenvalue weighted by molar-refractivity contribution is 6.06. The van der Waals surface area contributed by atoms with Gasteiger partial charge in [-0.15, -0.1) is 0 Å². The summed E-state index contributed by atoms with van der Waals surface area (Å²) in [5.74, 6) is -0.0614. The molecule has 0 saturated carbocycles. The van der Waals surface area contributed by atoms with Gasteiger partial charge in [-0.3, -0.25) is 4.79 Å². The smallest absolute Gasteiger partial charge is 0.253 e. The number of H-pyrrole nitrogens is 2. The molecule has 1 aromatic carbocycles. The Morgan fingerprint density at radius 1 is 1.17 bits per heavy atom. The van der Waals surface area contributed by atoms with Crippen molar-refractivity contribution in [3.8, 4) is 0 Å². The maximum atomic E-state index is 12.1. The first-order valence-corrected chi connectivity index (χ1v) is 5.80. The Kier molecular flexibility index (Phi) is 2.61. The van der Waals surface area contributed by atoms with Crippen molar-refractivity contribution in [1.82, 2.24) is 15.3 Å². The average molecular weight is 239 g/mol. The molecular weight excluding hydrogens is 226 g/mol. The number of carbonyl (C=O) groups excluding carboxylic acids is 1. The molecule has 0 saturated heterocycles. The number of aromatic nitrogens is 2. The van der Waals surface area contributed by atoms with Crippen molar-refractivity contribution >= 4 is 16.8 Å². The zero-order chi connectivity index (χ0) is 12.4. The largest absolute Gasteiger partial charge is 0.367 e. The lowest BCUT2D eigenvalue weighted by Gasteiger charge is -2.02. The van der Waals surface area contributed by atoms with Crippen LogP contribution in [-0.2, 0) is 6.54 Å². The van der Waals surface area contributed by atoms with E-state index >= 15 is 0 Å². The molecule has 0 unspecified atom stereocenters. The molecule has 0 bridgehead atoms. The minimum Gasteiger partial charge on any atom is -0.367 e. The number of hydrogen-bond donors (Lipinski definition) is 3. The number of aromatic amines is 2. The van der Waals surface area contributed by atoms with Crippen LogP contribution in [0.2, 0.25) is 0 Å². The van der Waals surface area contributed by atoms with Crippen molar-refractivity contribution in [2.24, 2.45) is 0 Å². The topological polar surface area (TPSA) is 60.7 Å². The van der Waals surface area contributed by atoms with E-state index in [9.17, 15) is 4.79 Å². The van der Waals surface area contributed by atoms with Crippen molar-refractivity contribution in [2.45, 2.75) is 6.54 Å². The van der Waals surface area contributed by atoms with Gasteiger partial charge in [0.25, 0.3) is 5.91 Å². The van der Waals surface area contributed by atoms with Gasteiger partial charge in [-0.1, -0.05) is 18.2 Å². The van der Waals surface area contributed by atoms with Crippen molar-refractivity contribution in [3.63, 3.8) is 0 Å². The summed E-state index contributed by atoms with van der Waals surface area (Å²) in [5, 5.41) is 3.85. The number of hydrogen-bond acceptors (Lipinski definition) is 1. The molecule has 0 fully saturated rings. The van der Waals surface area contributed by atoms with Crippen LogP contribution in [0.3, 0.4) is 0 Å². The highest BCUT2D eigenvalue weighted by Crippen LogP contribution is 2.17. The minimum atomic E-state index is -0.0614. The summed E-state index contributed by atoms with van der Waals surface area (Å²) in [6.07, 6.45) is 5.46. The van der Waals surface area contributed by atoms with E-state index in [1.807, 2.05) is 42.7 Å². The third-order valence-corrected chi connectivity index (χ3v) is 2.95. The summed E-state index contributed by atoms with van der Waals surface area (Å²) in [4.78, 5) is 18.1. The van der Waals surface area contributed by atoms with E-state index in [0.29, 0.717) is 12.1 Å². The van der Waals surface area contributed by atoms with Gasteiger partial charge < -0.3 is 15.3 Å². The maximum Gasteiger partial charge on any atom is 0.253 e. The van der Waals surface area contributed by atoms with Gasteiger partial charge in [0, 0.05) is 36.0 Å². The van der Waals surface area contributed by atoms with E-state index in [4.69, 9.17) is 0 Å². The zero-order valence-corrected chi connectivity index (χ0v) is 9.73. The normalized spacial score (nSPS) is 10.7. The van der Waals surface area contributed by atoms with Gasteiger partial charge in [-0.05, 0) is 17.7 Å². The van der Waals surface area contributed by atoms with Crippen LogP contribution in [0, 0.1) is 0 Å². The fourth-order valence-corrected chi connectivity index (χ4v) is 2.01. The van der Waals surface area contributed by atoms with Gasteiger partial charge in [0.1, 0.15) is 0 Å². The van der Waals surface area contributed by atoms with E-state index in [2.05, 4.69) is 15.3 Å². The predicted octanol–water partition coefficient (Wildman–Crippen LogP) is 2.43. The molecule has 3 N–H and O–H groups in total. The number of rotatable bonds is 3. The first-order valence-electron chi connectivity index (χ1n) is 5.80. The van der Waals surface area contributed by atoms with Gasteiger partial charge in [-0.25, -0.2) is 0 Å². The van der Waals surface area contributed by atoms with Crippen molar-refractivity contribution in [3.05, 3.63) is 60.0 Å². The van der Waals surface area contributed by atoms with Crippen LogP contribution in [-0.4, -0.2) is 15.9 Å². The lowest BCUT2D eigenvalue weighted by atomic mass is 10.1. The molecule has 4 heteroatoms. The number of fused-ring (bicyclic) bond motifs is 1. The molecule has 1 amide bonds. The van der Waals surface area contributed by atoms with Crippen LogP contribution in [0.15, 0.2) is 48.9 Å². The lowest BCUT2D eigenvalue weighted by Crippen LogP contribution is -2.22. The molecule has 3 rings (SSSR count). The Morgan fingerprint density at radius 3 is 2.89 bits per heavy atom. The Bertz CT molecular complexity index is 667. The average Bonchev–Trinajstić information content (AvgIpc) is 3.05. The van der Waals surface area contributed by atoms with Crippen LogP contribution in [0.4, 0.5) is 0 Å². The fourth-order valence-electron chi connectivity index (χ4n) is 2.01. The maximum absolute atomic E-state index is 12.1. The van der Waals surface area contributed by atoms with Crippen LogP contribution in [0.1, 0.15) is 15.9 Å². The van der Waals surface area contributed by atoms with Crippen LogP contribution >= 0.6 is 0 Å². The third kappa shape index (κ3) is 1.88. The summed E-state index contributed by atoms with van der Waals surface area (Å²) in [5.41, 5.74) is 2.72. The number of nitrogens with one attached hydrogen (secondary N) is 3. The molecule has 0 aliphatic heterocycles. The number of carbonyl (C=O) groups is 1. The van der Waals surface area contributed by atoms with Crippen molar-refractivity contribution < 1.29 is 4.79 Å². The molecule has 2 heterocycles. The highest BCUT2D eigenvalue weighted by Gasteiger charge is 2.10. The lowest BCUT2D eigenvalue weighted by molar-refractivity contribution is 0.0952. The minimum absolute atomic E-state index is 0.0614. The van der Waals surface area contributed by atoms with Crippen molar-refractivity contribution in [1.29, 1.82) is 0 Å². The molecule has 0 aliphatic carbocycles. The third-order valence-electron chi connectivity index (χ3n) is 2.95. The summed E-state index contributed by atoms with van der Waals surface area (Å²) in [6, 6.07) is 9.71. The summed E-state index contributed by atoms with van der Waals surface area (Å²) < 4.78 is 0. The molecular formula is C14H13N3O. The number of amides is 1. The highest BCUT2D eigenvalue weighted by atomic mass is 16.1. The van der Waals surface area contributed by atoms with E-state index in [1.165, 1.54) is 0 Å². The first kappa shape index (κ1) is 10.7. The van der Waals surface area contributed by atoms with Gasteiger partial charge in [0.15, 0.2) is 0 Å². The summed E-state index contributed by atoms with van der Waals surface area (Å²) in [7, 11) is 0. The Morgan fingerprint density at radius 2 is 2.06 bits per heavy atom. The molecule has 0 radical (unpaired) electrons. The summed E-state index contributed by atoms with van der Waals surface area (Å²) >= 11 is 0. The molecule has 0 spiro atoms. The molecule has 2 aromatic heterocycles. The predicted molar refractivity (Wildman–Crippen MR) is 70.3 cm³/mol. The molecule has 4 nitrogen and oxygen atoms in total. The summed E-state index contributed by atoms with van der Waals surface area (Å²) in [6.45, 7) is 0.530. The molecule has 0 atom stereocenters. The zero-order valence-electron chi connectivity index (χ0n) is 9.73. The Balaban J connectivity index is 1.80. The van der Waals surface area contributed by atoms with E-state index in [1.54, 1.807) is 6.20 Å². The van der Waals surface area contributed by atoms with Crippen LogP contribution in [0.25, 0.3) is 10.9 Å². The van der Waals surface area contributed by atoms with Gasteiger partial charge in [0.2, 0.25) is 0 Å². The molecule has 3 aromatic rings. The Hall–Kier alpha value is -2.49. The number of benzene rings is 1.